The van der Waals surface area contributed by atoms with E-state index in [1.54, 1.807) is 16.2 Å². The van der Waals surface area contributed by atoms with E-state index in [1.807, 2.05) is 18.2 Å². The van der Waals surface area contributed by atoms with E-state index in [1.165, 1.54) is 21.5 Å². The van der Waals surface area contributed by atoms with E-state index in [0.717, 1.165) is 23.6 Å². The van der Waals surface area contributed by atoms with Crippen LogP contribution in [0.1, 0.15) is 18.0 Å². The maximum atomic E-state index is 12.5. The first-order valence-electron chi connectivity index (χ1n) is 9.18. The van der Waals surface area contributed by atoms with Crippen LogP contribution in [0.4, 0.5) is 0 Å². The zero-order valence-corrected chi connectivity index (χ0v) is 16.3. The highest BCUT2D eigenvalue weighted by Crippen LogP contribution is 2.29. The minimum absolute atomic E-state index is 0.0664. The number of aromatic nitrogens is 3. The van der Waals surface area contributed by atoms with Crippen molar-refractivity contribution in [1.82, 2.24) is 24.3 Å². The Morgan fingerprint density at radius 3 is 2.64 bits per heavy atom. The molecule has 1 unspecified atom stereocenters. The number of nitrogens with zero attached hydrogens (tertiary/aromatic N) is 4. The normalized spacial score (nSPS) is 16.4. The highest BCUT2D eigenvalue weighted by molar-refractivity contribution is 7.18. The Morgan fingerprint density at radius 1 is 1.18 bits per heavy atom. The third kappa shape index (κ3) is 3.76. The van der Waals surface area contributed by atoms with Gasteiger partial charge in [-0.15, -0.1) is 11.3 Å². The average Bonchev–Trinajstić information content (AvgIpc) is 3.14. The number of benzene rings is 1. The summed E-state index contributed by atoms with van der Waals surface area (Å²) in [5.74, 6) is -0.124. The predicted octanol–water partition coefficient (Wildman–Crippen LogP) is 1.05. The third-order valence-corrected chi connectivity index (χ3v) is 6.29. The van der Waals surface area contributed by atoms with Crippen molar-refractivity contribution in [3.05, 3.63) is 62.4 Å². The van der Waals surface area contributed by atoms with Crippen LogP contribution < -0.4 is 11.2 Å². The Kier molecular flexibility index (Phi) is 5.10. The summed E-state index contributed by atoms with van der Waals surface area (Å²) >= 11 is 1.71. The summed E-state index contributed by atoms with van der Waals surface area (Å²) in [4.78, 5) is 46.4. The van der Waals surface area contributed by atoms with Gasteiger partial charge in [0.1, 0.15) is 11.6 Å². The first-order valence-corrected chi connectivity index (χ1v) is 10.00. The molecule has 4 rings (SSSR count). The summed E-state index contributed by atoms with van der Waals surface area (Å²) in [6.07, 6.45) is 1.35. The first kappa shape index (κ1) is 18.6. The lowest BCUT2D eigenvalue weighted by atomic mass is 10.2. The second-order valence-electron chi connectivity index (χ2n) is 6.85. The highest BCUT2D eigenvalue weighted by atomic mass is 32.1. The number of carbonyl (C=O) groups excluding carboxylic acids is 1. The van der Waals surface area contributed by atoms with Gasteiger partial charge in [0.2, 0.25) is 5.91 Å². The van der Waals surface area contributed by atoms with Crippen molar-refractivity contribution < 1.29 is 4.79 Å². The molecule has 2 aromatic heterocycles. The van der Waals surface area contributed by atoms with Crippen molar-refractivity contribution in [3.8, 4) is 0 Å². The molecule has 1 saturated heterocycles. The van der Waals surface area contributed by atoms with Gasteiger partial charge in [0.15, 0.2) is 0 Å². The molecular weight excluding hydrogens is 378 g/mol. The largest absolute Gasteiger partial charge is 0.339 e. The number of piperazine rings is 1. The lowest BCUT2D eigenvalue weighted by Gasteiger charge is -2.37. The van der Waals surface area contributed by atoms with Crippen LogP contribution in [0.25, 0.3) is 10.2 Å². The van der Waals surface area contributed by atoms with Crippen LogP contribution >= 0.6 is 11.3 Å². The number of H-pyrrole nitrogens is 1. The summed E-state index contributed by atoms with van der Waals surface area (Å²) in [7, 11) is 0. The summed E-state index contributed by atoms with van der Waals surface area (Å²) in [6, 6.07) is 9.56. The van der Waals surface area contributed by atoms with Gasteiger partial charge in [-0.2, -0.15) is 0 Å². The maximum Gasteiger partial charge on any atom is 0.328 e. The molecule has 9 heteroatoms. The number of thiazole rings is 1. The Balaban J connectivity index is 1.37. The van der Waals surface area contributed by atoms with Crippen molar-refractivity contribution >= 4 is 27.5 Å². The van der Waals surface area contributed by atoms with E-state index in [0.29, 0.717) is 13.1 Å². The fourth-order valence-corrected chi connectivity index (χ4v) is 4.45. The van der Waals surface area contributed by atoms with Gasteiger partial charge in [0.25, 0.3) is 5.56 Å². The average molecular weight is 399 g/mol. The standard InChI is InChI=1S/C19H21N5O3S/c1-13(18-20-14-4-2-3-5-15(14)28-18)22-8-10-23(11-9-22)17(26)12-24-7-6-16(25)21-19(24)27/h2-7,13H,8-12H2,1H3,(H,21,25,27). The van der Waals surface area contributed by atoms with E-state index in [4.69, 9.17) is 4.98 Å². The van der Waals surface area contributed by atoms with E-state index in [-0.39, 0.29) is 18.5 Å². The molecule has 8 nitrogen and oxygen atoms in total. The van der Waals surface area contributed by atoms with Gasteiger partial charge >= 0.3 is 5.69 Å². The van der Waals surface area contributed by atoms with Crippen molar-refractivity contribution in [3.63, 3.8) is 0 Å². The second-order valence-corrected chi connectivity index (χ2v) is 7.91. The number of carbonyl (C=O) groups is 1. The number of hydrogen-bond donors (Lipinski definition) is 1. The maximum absolute atomic E-state index is 12.5. The first-order chi connectivity index (χ1) is 13.5. The van der Waals surface area contributed by atoms with Crippen molar-refractivity contribution in [2.45, 2.75) is 19.5 Å². The molecule has 1 fully saturated rings. The fourth-order valence-electron chi connectivity index (χ4n) is 3.40. The van der Waals surface area contributed by atoms with Crippen LogP contribution in [0.3, 0.4) is 0 Å². The van der Waals surface area contributed by atoms with Crippen LogP contribution in [0.5, 0.6) is 0 Å². The Hall–Kier alpha value is -2.78. The van der Waals surface area contributed by atoms with E-state index in [9.17, 15) is 14.4 Å². The van der Waals surface area contributed by atoms with Gasteiger partial charge in [-0.1, -0.05) is 12.1 Å². The summed E-state index contributed by atoms with van der Waals surface area (Å²) in [5.41, 5.74) is -0.00963. The van der Waals surface area contributed by atoms with Gasteiger partial charge < -0.3 is 4.90 Å². The van der Waals surface area contributed by atoms with Crippen LogP contribution in [0.15, 0.2) is 46.1 Å². The number of para-hydroxylation sites is 1. The number of rotatable bonds is 4. The quantitative estimate of drug-likeness (QED) is 0.708. The zero-order valence-electron chi connectivity index (χ0n) is 15.5. The SMILES string of the molecule is CC(c1nc2ccccc2s1)N1CCN(C(=O)Cn2ccc(=O)[nH]c2=O)CC1. The predicted molar refractivity (Wildman–Crippen MR) is 108 cm³/mol. The van der Waals surface area contributed by atoms with Crippen LogP contribution in [0, 0.1) is 0 Å². The molecule has 0 radical (unpaired) electrons. The molecule has 0 spiro atoms. The number of fused-ring (bicyclic) bond motifs is 1. The lowest BCUT2D eigenvalue weighted by molar-refractivity contribution is -0.134. The van der Waals surface area contributed by atoms with Gasteiger partial charge in [-0.3, -0.25) is 24.0 Å². The molecule has 1 atom stereocenters. The molecule has 1 aromatic carbocycles. The Morgan fingerprint density at radius 2 is 1.93 bits per heavy atom. The molecule has 28 heavy (non-hydrogen) atoms. The molecular formula is C19H21N5O3S. The van der Waals surface area contributed by atoms with Crippen molar-refractivity contribution in [2.24, 2.45) is 0 Å². The molecule has 1 N–H and O–H groups in total. The van der Waals surface area contributed by atoms with Crippen molar-refractivity contribution in [1.29, 1.82) is 0 Å². The van der Waals surface area contributed by atoms with Gasteiger partial charge in [0.05, 0.1) is 16.3 Å². The summed E-state index contributed by atoms with van der Waals surface area (Å²) in [5, 5.41) is 1.08. The van der Waals surface area contributed by atoms with E-state index >= 15 is 0 Å². The molecule has 3 heterocycles. The minimum Gasteiger partial charge on any atom is -0.339 e. The second kappa shape index (κ2) is 7.69. The molecule has 1 aliphatic rings. The minimum atomic E-state index is -0.566. The van der Waals surface area contributed by atoms with Gasteiger partial charge in [-0.05, 0) is 19.1 Å². The molecule has 0 aliphatic carbocycles. The molecule has 3 aromatic rings. The van der Waals surface area contributed by atoms with Crippen molar-refractivity contribution in [2.75, 3.05) is 26.2 Å². The van der Waals surface area contributed by atoms with Crippen LogP contribution in [-0.4, -0.2) is 56.4 Å². The molecule has 1 amide bonds. The number of hydrogen-bond acceptors (Lipinski definition) is 6. The van der Waals surface area contributed by atoms with Crippen LogP contribution in [0.2, 0.25) is 0 Å². The Labute approximate surface area is 165 Å². The van der Waals surface area contributed by atoms with Gasteiger partial charge in [0, 0.05) is 38.4 Å². The zero-order chi connectivity index (χ0) is 19.7. The molecule has 0 saturated carbocycles. The molecule has 0 bridgehead atoms. The Bertz CT molecular complexity index is 1080. The highest BCUT2D eigenvalue weighted by Gasteiger charge is 2.26. The topological polar surface area (TPSA) is 91.3 Å². The fraction of sp³-hybridized carbons (Fsp3) is 0.368. The number of aromatic amines is 1. The van der Waals surface area contributed by atoms with E-state index < -0.39 is 11.2 Å². The number of nitrogens with one attached hydrogen (secondary N) is 1. The molecule has 1 aliphatic heterocycles. The summed E-state index contributed by atoms with van der Waals surface area (Å²) < 4.78 is 2.41. The molecule has 146 valence electrons. The summed E-state index contributed by atoms with van der Waals surface area (Å²) in [6.45, 7) is 4.79. The third-order valence-electron chi connectivity index (χ3n) is 5.08. The van der Waals surface area contributed by atoms with Gasteiger partial charge in [-0.25, -0.2) is 9.78 Å². The smallest absolute Gasteiger partial charge is 0.328 e. The number of amides is 1. The monoisotopic (exact) mass is 399 g/mol. The van der Waals surface area contributed by atoms with Crippen LogP contribution in [-0.2, 0) is 11.3 Å². The lowest BCUT2D eigenvalue weighted by Crippen LogP contribution is -2.50. The van der Waals surface area contributed by atoms with E-state index in [2.05, 4.69) is 22.9 Å².